The molecule has 0 radical (unpaired) electrons. The second-order valence-corrected chi connectivity index (χ2v) is 13.7. The molecule has 4 rings (SSSR count). The molecule has 4 aromatic rings. The van der Waals surface area contributed by atoms with Gasteiger partial charge in [0.25, 0.3) is 5.91 Å². The minimum Gasteiger partial charge on any atom is -0.459 e. The molecule has 0 spiro atoms. The number of fused-ring (bicyclic) bond motifs is 1. The van der Waals surface area contributed by atoms with Crippen molar-refractivity contribution >= 4 is 49.9 Å². The lowest BCUT2D eigenvalue weighted by atomic mass is 10.0. The summed E-state index contributed by atoms with van der Waals surface area (Å²) in [5.74, 6) is -2.87. The molecule has 0 heterocycles. The number of hydrogen-bond acceptors (Lipinski definition) is 8. The SMILES string of the molecule is CC(C)(C)OC(=O)CN(C(=O)C(NC(=O)[C@@H](N)Cc1ccc(C(=N)N)cc1)S(=O)(=O)c1ccc2ccccc2c1)c1ccccc1. The minimum atomic E-state index is -4.60. The molecule has 46 heavy (non-hydrogen) atoms. The summed E-state index contributed by atoms with van der Waals surface area (Å²) in [5.41, 5.74) is 12.2. The number of hydrogen-bond donors (Lipinski definition) is 4. The smallest absolute Gasteiger partial charge is 0.326 e. The van der Waals surface area contributed by atoms with E-state index in [1.54, 1.807) is 93.6 Å². The Kier molecular flexibility index (Phi) is 10.2. The Balaban J connectivity index is 1.73. The number of nitrogens with one attached hydrogen (secondary N) is 2. The molecule has 4 aromatic carbocycles. The van der Waals surface area contributed by atoms with E-state index in [9.17, 15) is 22.8 Å². The van der Waals surface area contributed by atoms with E-state index in [1.807, 2.05) is 12.1 Å². The van der Waals surface area contributed by atoms with Crippen LogP contribution < -0.4 is 21.7 Å². The van der Waals surface area contributed by atoms with E-state index >= 15 is 0 Å². The number of esters is 1. The minimum absolute atomic E-state index is 0.00125. The van der Waals surface area contributed by atoms with Crippen molar-refractivity contribution in [3.8, 4) is 0 Å². The Labute approximate surface area is 268 Å². The predicted molar refractivity (Wildman–Crippen MR) is 177 cm³/mol. The van der Waals surface area contributed by atoms with Gasteiger partial charge in [-0.3, -0.25) is 24.7 Å². The molecule has 0 aromatic heterocycles. The number of carbonyl (C=O) groups is 3. The topological polar surface area (TPSA) is 186 Å². The zero-order valence-electron chi connectivity index (χ0n) is 25.8. The van der Waals surface area contributed by atoms with Gasteiger partial charge >= 0.3 is 5.97 Å². The molecule has 1 unspecified atom stereocenters. The largest absolute Gasteiger partial charge is 0.459 e. The maximum absolute atomic E-state index is 14.3. The highest BCUT2D eigenvalue weighted by atomic mass is 32.2. The van der Waals surface area contributed by atoms with Crippen LogP contribution in [0.3, 0.4) is 0 Å². The number of nitrogens with two attached hydrogens (primary N) is 2. The summed E-state index contributed by atoms with van der Waals surface area (Å²) >= 11 is 0. The van der Waals surface area contributed by atoms with Crippen molar-refractivity contribution in [3.63, 3.8) is 0 Å². The maximum atomic E-state index is 14.3. The zero-order valence-corrected chi connectivity index (χ0v) is 26.6. The highest BCUT2D eigenvalue weighted by molar-refractivity contribution is 7.92. The monoisotopic (exact) mass is 643 g/mol. The van der Waals surface area contributed by atoms with Gasteiger partial charge < -0.3 is 21.5 Å². The fourth-order valence-electron chi connectivity index (χ4n) is 4.70. The number of amides is 2. The van der Waals surface area contributed by atoms with Crippen molar-refractivity contribution in [2.24, 2.45) is 11.5 Å². The lowest BCUT2D eigenvalue weighted by Crippen LogP contribution is -2.57. The van der Waals surface area contributed by atoms with E-state index in [1.165, 1.54) is 12.1 Å². The quantitative estimate of drug-likeness (QED) is 0.109. The van der Waals surface area contributed by atoms with Gasteiger partial charge in [-0.25, -0.2) is 8.42 Å². The summed E-state index contributed by atoms with van der Waals surface area (Å²) in [6, 6.07) is 24.8. The fourth-order valence-corrected chi connectivity index (χ4v) is 6.19. The average Bonchev–Trinajstić information content (AvgIpc) is 3.01. The van der Waals surface area contributed by atoms with Gasteiger partial charge in [0.2, 0.25) is 21.1 Å². The summed E-state index contributed by atoms with van der Waals surface area (Å²) in [5, 5.41) is 9.18. The highest BCUT2D eigenvalue weighted by Gasteiger charge is 2.40. The molecule has 0 aliphatic carbocycles. The predicted octanol–water partition coefficient (Wildman–Crippen LogP) is 3.28. The van der Waals surface area contributed by atoms with Crippen LogP contribution in [0.15, 0.2) is 102 Å². The van der Waals surface area contributed by atoms with Gasteiger partial charge in [0.15, 0.2) is 0 Å². The Bertz CT molecular complexity index is 1850. The number of carbonyl (C=O) groups excluding carboxylic acids is 3. The van der Waals surface area contributed by atoms with Crippen molar-refractivity contribution in [3.05, 3.63) is 108 Å². The van der Waals surface area contributed by atoms with Gasteiger partial charge in [0, 0.05) is 11.3 Å². The molecular formula is C34H37N5O6S. The number of rotatable bonds is 11. The summed E-state index contributed by atoms with van der Waals surface area (Å²) in [7, 11) is -4.60. The molecule has 0 saturated heterocycles. The number of sulfone groups is 1. The van der Waals surface area contributed by atoms with Crippen molar-refractivity contribution in [1.29, 1.82) is 5.41 Å². The van der Waals surface area contributed by atoms with Gasteiger partial charge in [0.1, 0.15) is 18.0 Å². The number of anilines is 1. The third-order valence-electron chi connectivity index (χ3n) is 6.96. The first-order chi connectivity index (χ1) is 21.7. The first kappa shape index (κ1) is 33.8. The molecule has 2 atom stereocenters. The number of amidine groups is 1. The van der Waals surface area contributed by atoms with E-state index < -0.39 is 51.2 Å². The Morgan fingerprint density at radius 2 is 1.50 bits per heavy atom. The molecule has 11 nitrogen and oxygen atoms in total. The van der Waals surface area contributed by atoms with Crippen molar-refractivity contribution in [2.75, 3.05) is 11.4 Å². The van der Waals surface area contributed by atoms with Crippen LogP contribution in [0.5, 0.6) is 0 Å². The van der Waals surface area contributed by atoms with E-state index in [0.29, 0.717) is 16.5 Å². The Hall–Kier alpha value is -5.07. The molecule has 0 aliphatic rings. The molecule has 6 N–H and O–H groups in total. The van der Waals surface area contributed by atoms with Crippen molar-refractivity contribution < 1.29 is 27.5 Å². The van der Waals surface area contributed by atoms with Crippen LogP contribution in [0.4, 0.5) is 5.69 Å². The van der Waals surface area contributed by atoms with Crippen LogP contribution in [-0.2, 0) is 35.4 Å². The van der Waals surface area contributed by atoms with Crippen LogP contribution in [-0.4, -0.2) is 55.6 Å². The Morgan fingerprint density at radius 3 is 2.11 bits per heavy atom. The number of benzene rings is 4. The van der Waals surface area contributed by atoms with Gasteiger partial charge in [0.05, 0.1) is 10.9 Å². The van der Waals surface area contributed by atoms with Crippen molar-refractivity contribution in [1.82, 2.24) is 5.32 Å². The zero-order chi connectivity index (χ0) is 33.6. The molecule has 12 heteroatoms. The van der Waals surface area contributed by atoms with Gasteiger partial charge in [-0.05, 0) is 67.8 Å². The van der Waals surface area contributed by atoms with Crippen molar-refractivity contribution in [2.45, 2.75) is 49.1 Å². The maximum Gasteiger partial charge on any atom is 0.326 e. The lowest BCUT2D eigenvalue weighted by Gasteiger charge is -2.29. The van der Waals surface area contributed by atoms with Crippen LogP contribution in [0.2, 0.25) is 0 Å². The van der Waals surface area contributed by atoms with Crippen LogP contribution in [0.25, 0.3) is 10.8 Å². The normalized spacial score (nSPS) is 13.0. The summed E-state index contributed by atoms with van der Waals surface area (Å²) in [6.07, 6.45) is 0.00125. The number of nitrogen functional groups attached to an aromatic ring is 1. The molecule has 0 fully saturated rings. The third-order valence-corrected chi connectivity index (χ3v) is 8.81. The first-order valence-corrected chi connectivity index (χ1v) is 16.0. The molecular weight excluding hydrogens is 606 g/mol. The van der Waals surface area contributed by atoms with Crippen LogP contribution in [0, 0.1) is 5.41 Å². The summed E-state index contributed by atoms with van der Waals surface area (Å²) in [6.45, 7) is 4.39. The molecule has 0 saturated carbocycles. The standard InChI is InChI=1S/C34H37N5O6S/c1-34(2,3)45-29(40)21-39(26-11-5-4-6-12-26)33(42)32(46(43,44)27-18-17-23-9-7-8-10-25(23)20-27)38-31(41)28(35)19-22-13-15-24(16-14-22)30(36)37/h4-18,20,28,32H,19,21,35H2,1-3H3,(H3,36,37)(H,38,41)/t28-,32?/m0/s1. The number of para-hydroxylation sites is 1. The average molecular weight is 644 g/mol. The summed E-state index contributed by atoms with van der Waals surface area (Å²) < 4.78 is 33.9. The van der Waals surface area contributed by atoms with E-state index in [0.717, 1.165) is 10.3 Å². The molecule has 2 amide bonds. The second-order valence-electron chi connectivity index (χ2n) is 11.7. The number of nitrogens with zero attached hydrogens (tertiary/aromatic N) is 1. The lowest BCUT2D eigenvalue weighted by molar-refractivity contribution is -0.153. The van der Waals surface area contributed by atoms with E-state index in [4.69, 9.17) is 21.6 Å². The van der Waals surface area contributed by atoms with Crippen LogP contribution >= 0.6 is 0 Å². The third kappa shape index (κ3) is 8.34. The highest BCUT2D eigenvalue weighted by Crippen LogP contribution is 2.25. The van der Waals surface area contributed by atoms with Gasteiger partial charge in [-0.1, -0.05) is 72.8 Å². The van der Waals surface area contributed by atoms with E-state index in [2.05, 4.69) is 5.32 Å². The van der Waals surface area contributed by atoms with Crippen LogP contribution in [0.1, 0.15) is 31.9 Å². The summed E-state index contributed by atoms with van der Waals surface area (Å²) in [4.78, 5) is 41.5. The van der Waals surface area contributed by atoms with Gasteiger partial charge in [-0.2, -0.15) is 0 Å². The van der Waals surface area contributed by atoms with Gasteiger partial charge in [-0.15, -0.1) is 0 Å². The molecule has 0 aliphatic heterocycles. The molecule has 0 bridgehead atoms. The van der Waals surface area contributed by atoms with E-state index in [-0.39, 0.29) is 22.8 Å². The Morgan fingerprint density at radius 1 is 0.891 bits per heavy atom. The first-order valence-electron chi connectivity index (χ1n) is 14.5. The number of ether oxygens (including phenoxy) is 1. The second kappa shape index (κ2) is 13.9. The molecule has 240 valence electrons. The fraction of sp³-hybridized carbons (Fsp3) is 0.235.